The van der Waals surface area contributed by atoms with Gasteiger partial charge in [-0.3, -0.25) is 0 Å². The lowest BCUT2D eigenvalue weighted by Gasteiger charge is -2.22. The Balaban J connectivity index is 2.36. The Kier molecular flexibility index (Phi) is 5.51. The SMILES string of the molecule is CCCNC(c1ccc(CC)cc1)c1ccc(F)cc1C. The molecular formula is C19H24FN. The number of nitrogens with one attached hydrogen (secondary N) is 1. The molecule has 0 aliphatic heterocycles. The zero-order chi connectivity index (χ0) is 15.2. The van der Waals surface area contributed by atoms with Gasteiger partial charge in [0.05, 0.1) is 6.04 Å². The Bertz CT molecular complexity index is 575. The summed E-state index contributed by atoms with van der Waals surface area (Å²) in [4.78, 5) is 0. The van der Waals surface area contributed by atoms with E-state index in [4.69, 9.17) is 0 Å². The minimum absolute atomic E-state index is 0.122. The standard InChI is InChI=1S/C19H24FN/c1-4-12-21-19(16-8-6-15(5-2)7-9-16)18-11-10-17(20)13-14(18)3/h6-11,13,19,21H,4-5,12H2,1-3H3. The maximum Gasteiger partial charge on any atom is 0.123 e. The summed E-state index contributed by atoms with van der Waals surface area (Å²) in [6.45, 7) is 7.23. The Hall–Kier alpha value is -1.67. The largest absolute Gasteiger partial charge is 0.306 e. The van der Waals surface area contributed by atoms with Crippen molar-refractivity contribution >= 4 is 0 Å². The molecule has 2 aromatic rings. The second-order valence-corrected chi connectivity index (χ2v) is 5.48. The maximum atomic E-state index is 13.3. The highest BCUT2D eigenvalue weighted by Gasteiger charge is 2.15. The van der Waals surface area contributed by atoms with Crippen molar-refractivity contribution in [3.8, 4) is 0 Å². The van der Waals surface area contributed by atoms with E-state index in [1.165, 1.54) is 11.1 Å². The Morgan fingerprint density at radius 3 is 2.33 bits per heavy atom. The van der Waals surface area contributed by atoms with Crippen molar-refractivity contribution in [3.05, 3.63) is 70.5 Å². The van der Waals surface area contributed by atoms with Crippen LogP contribution in [0.3, 0.4) is 0 Å². The summed E-state index contributed by atoms with van der Waals surface area (Å²) in [5.74, 6) is -0.174. The van der Waals surface area contributed by atoms with E-state index >= 15 is 0 Å². The topological polar surface area (TPSA) is 12.0 Å². The Morgan fingerprint density at radius 1 is 1.05 bits per heavy atom. The van der Waals surface area contributed by atoms with Gasteiger partial charge in [0.25, 0.3) is 0 Å². The van der Waals surface area contributed by atoms with Crippen LogP contribution in [0.25, 0.3) is 0 Å². The highest BCUT2D eigenvalue weighted by molar-refractivity contribution is 5.38. The molecule has 0 aliphatic carbocycles. The van der Waals surface area contributed by atoms with Crippen LogP contribution >= 0.6 is 0 Å². The molecule has 0 saturated carbocycles. The fourth-order valence-corrected chi connectivity index (χ4v) is 2.60. The highest BCUT2D eigenvalue weighted by Crippen LogP contribution is 2.26. The third-order valence-corrected chi connectivity index (χ3v) is 3.86. The molecule has 2 rings (SSSR count). The van der Waals surface area contributed by atoms with Gasteiger partial charge in [0.1, 0.15) is 5.82 Å². The van der Waals surface area contributed by atoms with Crippen molar-refractivity contribution in [1.82, 2.24) is 5.32 Å². The predicted octanol–water partition coefficient (Wildman–Crippen LogP) is 4.79. The molecule has 0 radical (unpaired) electrons. The van der Waals surface area contributed by atoms with Gasteiger partial charge in [0.2, 0.25) is 0 Å². The number of benzene rings is 2. The van der Waals surface area contributed by atoms with Crippen molar-refractivity contribution in [2.24, 2.45) is 0 Å². The third-order valence-electron chi connectivity index (χ3n) is 3.86. The molecule has 0 saturated heterocycles. The van der Waals surface area contributed by atoms with Crippen LogP contribution in [0.15, 0.2) is 42.5 Å². The van der Waals surface area contributed by atoms with E-state index in [-0.39, 0.29) is 11.9 Å². The van der Waals surface area contributed by atoms with E-state index in [0.29, 0.717) is 0 Å². The fourth-order valence-electron chi connectivity index (χ4n) is 2.60. The molecule has 2 aromatic carbocycles. The maximum absolute atomic E-state index is 13.3. The van der Waals surface area contributed by atoms with E-state index < -0.39 is 0 Å². The van der Waals surface area contributed by atoms with E-state index in [1.807, 2.05) is 13.0 Å². The minimum atomic E-state index is -0.174. The minimum Gasteiger partial charge on any atom is -0.306 e. The fraction of sp³-hybridized carbons (Fsp3) is 0.368. The van der Waals surface area contributed by atoms with Gasteiger partial charge in [-0.2, -0.15) is 0 Å². The summed E-state index contributed by atoms with van der Waals surface area (Å²) in [5.41, 5.74) is 4.71. The smallest absolute Gasteiger partial charge is 0.123 e. The second-order valence-electron chi connectivity index (χ2n) is 5.48. The number of hydrogen-bond donors (Lipinski definition) is 1. The van der Waals surface area contributed by atoms with Gasteiger partial charge in [-0.1, -0.05) is 44.2 Å². The second kappa shape index (κ2) is 7.37. The van der Waals surface area contributed by atoms with Crippen molar-refractivity contribution in [1.29, 1.82) is 0 Å². The van der Waals surface area contributed by atoms with Crippen molar-refractivity contribution in [3.63, 3.8) is 0 Å². The van der Waals surface area contributed by atoms with Crippen LogP contribution < -0.4 is 5.32 Å². The van der Waals surface area contributed by atoms with Crippen molar-refractivity contribution < 1.29 is 4.39 Å². The molecule has 0 aliphatic rings. The molecule has 21 heavy (non-hydrogen) atoms. The molecule has 112 valence electrons. The van der Waals surface area contributed by atoms with Crippen LogP contribution in [0.2, 0.25) is 0 Å². The van der Waals surface area contributed by atoms with E-state index in [9.17, 15) is 4.39 Å². The summed E-state index contributed by atoms with van der Waals surface area (Å²) in [6.07, 6.45) is 2.12. The first-order chi connectivity index (χ1) is 10.2. The number of halogens is 1. The van der Waals surface area contributed by atoms with Gasteiger partial charge in [-0.25, -0.2) is 4.39 Å². The van der Waals surface area contributed by atoms with Crippen LogP contribution in [-0.2, 0) is 6.42 Å². The summed E-state index contributed by atoms with van der Waals surface area (Å²) >= 11 is 0. The number of aryl methyl sites for hydroxylation is 2. The molecule has 0 aromatic heterocycles. The average Bonchev–Trinajstić information content (AvgIpc) is 2.50. The van der Waals surface area contributed by atoms with Crippen LogP contribution in [-0.4, -0.2) is 6.54 Å². The molecular weight excluding hydrogens is 261 g/mol. The molecule has 0 amide bonds. The first-order valence-corrected chi connectivity index (χ1v) is 7.74. The molecule has 1 unspecified atom stereocenters. The number of rotatable bonds is 6. The lowest BCUT2D eigenvalue weighted by Crippen LogP contribution is -2.24. The monoisotopic (exact) mass is 285 g/mol. The van der Waals surface area contributed by atoms with Crippen LogP contribution in [0.4, 0.5) is 4.39 Å². The van der Waals surface area contributed by atoms with Crippen LogP contribution in [0, 0.1) is 12.7 Å². The molecule has 2 heteroatoms. The van der Waals surface area contributed by atoms with Gasteiger partial charge in [-0.15, -0.1) is 0 Å². The van der Waals surface area contributed by atoms with Crippen LogP contribution in [0.1, 0.15) is 48.6 Å². The molecule has 1 atom stereocenters. The predicted molar refractivity (Wildman–Crippen MR) is 87.1 cm³/mol. The highest BCUT2D eigenvalue weighted by atomic mass is 19.1. The van der Waals surface area contributed by atoms with E-state index in [2.05, 4.69) is 43.4 Å². The first-order valence-electron chi connectivity index (χ1n) is 7.74. The van der Waals surface area contributed by atoms with E-state index in [0.717, 1.165) is 30.5 Å². The van der Waals surface area contributed by atoms with Crippen LogP contribution in [0.5, 0.6) is 0 Å². The lowest BCUT2D eigenvalue weighted by atomic mass is 9.94. The third kappa shape index (κ3) is 3.92. The van der Waals surface area contributed by atoms with Gasteiger partial charge < -0.3 is 5.32 Å². The summed E-state index contributed by atoms with van der Waals surface area (Å²) in [5, 5.41) is 3.58. The van der Waals surface area contributed by atoms with Gasteiger partial charge in [0.15, 0.2) is 0 Å². The molecule has 0 spiro atoms. The Morgan fingerprint density at radius 2 is 1.76 bits per heavy atom. The van der Waals surface area contributed by atoms with Gasteiger partial charge in [-0.05, 0) is 60.7 Å². The number of hydrogen-bond acceptors (Lipinski definition) is 1. The summed E-state index contributed by atoms with van der Waals surface area (Å²) < 4.78 is 13.3. The molecule has 0 heterocycles. The summed E-state index contributed by atoms with van der Waals surface area (Å²) in [6, 6.07) is 13.9. The molecule has 0 fully saturated rings. The van der Waals surface area contributed by atoms with Crippen molar-refractivity contribution in [2.75, 3.05) is 6.54 Å². The first kappa shape index (κ1) is 15.7. The Labute approximate surface area is 127 Å². The lowest BCUT2D eigenvalue weighted by molar-refractivity contribution is 0.590. The molecule has 1 N–H and O–H groups in total. The molecule has 0 bridgehead atoms. The summed E-state index contributed by atoms with van der Waals surface area (Å²) in [7, 11) is 0. The zero-order valence-corrected chi connectivity index (χ0v) is 13.1. The van der Waals surface area contributed by atoms with E-state index in [1.54, 1.807) is 12.1 Å². The molecule has 1 nitrogen and oxygen atoms in total. The van der Waals surface area contributed by atoms with Gasteiger partial charge >= 0.3 is 0 Å². The normalized spacial score (nSPS) is 12.4. The van der Waals surface area contributed by atoms with Gasteiger partial charge in [0, 0.05) is 0 Å². The average molecular weight is 285 g/mol. The van der Waals surface area contributed by atoms with Crippen molar-refractivity contribution in [2.45, 2.75) is 39.7 Å². The zero-order valence-electron chi connectivity index (χ0n) is 13.1. The quantitative estimate of drug-likeness (QED) is 0.805.